The van der Waals surface area contributed by atoms with Gasteiger partial charge in [0.05, 0.1) is 5.69 Å². The molecule has 1 aliphatic heterocycles. The number of benzene rings is 2. The van der Waals surface area contributed by atoms with Crippen LogP contribution in [0.4, 0.5) is 5.69 Å². The summed E-state index contributed by atoms with van der Waals surface area (Å²) in [4.78, 5) is 38.6. The fraction of sp³-hybridized carbons (Fsp3) is 0.375. The zero-order chi connectivity index (χ0) is 22.2. The van der Waals surface area contributed by atoms with Crippen LogP contribution in [0.5, 0.6) is 11.5 Å². The number of hydrogen-bond acceptors (Lipinski definition) is 5. The molecular weight excluding hydrogens is 396 g/mol. The van der Waals surface area contributed by atoms with Crippen LogP contribution in [0.1, 0.15) is 37.0 Å². The van der Waals surface area contributed by atoms with Crippen molar-refractivity contribution in [2.75, 3.05) is 31.2 Å². The number of ether oxygens (including phenoxy) is 2. The number of carbonyl (C=O) groups is 3. The van der Waals surface area contributed by atoms with E-state index < -0.39 is 0 Å². The van der Waals surface area contributed by atoms with E-state index in [4.69, 9.17) is 9.47 Å². The molecule has 2 amide bonds. The molecule has 7 heteroatoms. The van der Waals surface area contributed by atoms with Crippen LogP contribution in [-0.2, 0) is 9.59 Å². The van der Waals surface area contributed by atoms with E-state index in [1.807, 2.05) is 32.0 Å². The molecule has 0 saturated heterocycles. The maximum atomic E-state index is 12.6. The van der Waals surface area contributed by atoms with Gasteiger partial charge in [0.15, 0.2) is 19.0 Å². The quantitative estimate of drug-likeness (QED) is 0.592. The van der Waals surface area contributed by atoms with Crippen molar-refractivity contribution in [2.45, 2.75) is 26.7 Å². The van der Waals surface area contributed by atoms with Gasteiger partial charge in [-0.2, -0.15) is 0 Å². The Balaban J connectivity index is 1.63. The summed E-state index contributed by atoms with van der Waals surface area (Å²) in [6.07, 6.45) is 0.848. The van der Waals surface area contributed by atoms with Crippen molar-refractivity contribution in [3.63, 3.8) is 0 Å². The van der Waals surface area contributed by atoms with Crippen LogP contribution in [0, 0.1) is 5.92 Å². The second-order valence-corrected chi connectivity index (χ2v) is 7.84. The van der Waals surface area contributed by atoms with Crippen LogP contribution in [0.3, 0.4) is 0 Å². The molecule has 0 fully saturated rings. The predicted molar refractivity (Wildman–Crippen MR) is 118 cm³/mol. The second-order valence-electron chi connectivity index (χ2n) is 7.84. The molecule has 1 N–H and O–H groups in total. The monoisotopic (exact) mass is 424 g/mol. The van der Waals surface area contributed by atoms with Gasteiger partial charge in [-0.15, -0.1) is 0 Å². The molecule has 3 rings (SSSR count). The molecule has 2 aromatic carbocycles. The maximum absolute atomic E-state index is 12.6. The number of Topliss-reactive ketones (excluding diaryl/α,β-unsaturated/α-hetero) is 1. The molecule has 164 valence electrons. The SMILES string of the molecule is CC(C)CNC(=O)CCCN1C(=O)COc2ccc(C(=O)COc3ccccc3)cc21. The minimum absolute atomic E-state index is 0.0309. The number of hydrogen-bond donors (Lipinski definition) is 1. The van der Waals surface area contributed by atoms with Crippen LogP contribution in [-0.4, -0.2) is 43.9 Å². The predicted octanol–water partition coefficient (Wildman–Crippen LogP) is 3.23. The fourth-order valence-corrected chi connectivity index (χ4v) is 3.17. The van der Waals surface area contributed by atoms with E-state index in [0.29, 0.717) is 54.6 Å². The normalized spacial score (nSPS) is 12.9. The average molecular weight is 424 g/mol. The highest BCUT2D eigenvalue weighted by molar-refractivity contribution is 6.02. The Hall–Kier alpha value is -3.35. The van der Waals surface area contributed by atoms with Crippen molar-refractivity contribution < 1.29 is 23.9 Å². The van der Waals surface area contributed by atoms with Gasteiger partial charge in [0.25, 0.3) is 5.91 Å². The van der Waals surface area contributed by atoms with Gasteiger partial charge >= 0.3 is 0 Å². The highest BCUT2D eigenvalue weighted by Gasteiger charge is 2.26. The van der Waals surface area contributed by atoms with Gasteiger partial charge in [0.1, 0.15) is 11.5 Å². The summed E-state index contributed by atoms with van der Waals surface area (Å²) in [7, 11) is 0. The van der Waals surface area contributed by atoms with Crippen LogP contribution >= 0.6 is 0 Å². The lowest BCUT2D eigenvalue weighted by molar-refractivity contribution is -0.122. The first-order valence-electron chi connectivity index (χ1n) is 10.5. The molecule has 0 aromatic heterocycles. The summed E-state index contributed by atoms with van der Waals surface area (Å²) < 4.78 is 11.0. The molecule has 1 heterocycles. The standard InChI is InChI=1S/C24H28N2O5/c1-17(2)14-25-23(28)9-6-12-26-20-13-18(10-11-22(20)31-16-24(26)29)21(27)15-30-19-7-4-3-5-8-19/h3-5,7-8,10-11,13,17H,6,9,12,14-16H2,1-2H3,(H,25,28). The average Bonchev–Trinajstić information content (AvgIpc) is 2.78. The van der Waals surface area contributed by atoms with E-state index in [-0.39, 0.29) is 30.8 Å². The molecule has 0 atom stereocenters. The number of nitrogens with one attached hydrogen (secondary N) is 1. The van der Waals surface area contributed by atoms with E-state index >= 15 is 0 Å². The van der Waals surface area contributed by atoms with E-state index in [0.717, 1.165) is 0 Å². The van der Waals surface area contributed by atoms with Gasteiger partial charge in [-0.3, -0.25) is 14.4 Å². The Kier molecular flexibility index (Phi) is 7.65. The molecule has 0 spiro atoms. The summed E-state index contributed by atoms with van der Waals surface area (Å²) in [6, 6.07) is 14.1. The Morgan fingerprint density at radius 3 is 2.68 bits per heavy atom. The van der Waals surface area contributed by atoms with Gasteiger partial charge in [0.2, 0.25) is 5.91 Å². The molecule has 1 aliphatic rings. The van der Waals surface area contributed by atoms with Gasteiger partial charge in [-0.1, -0.05) is 32.0 Å². The molecule has 0 unspecified atom stereocenters. The van der Waals surface area contributed by atoms with Crippen LogP contribution in [0.15, 0.2) is 48.5 Å². The smallest absolute Gasteiger partial charge is 0.265 e. The van der Waals surface area contributed by atoms with Crippen molar-refractivity contribution in [3.8, 4) is 11.5 Å². The fourth-order valence-electron chi connectivity index (χ4n) is 3.17. The highest BCUT2D eigenvalue weighted by atomic mass is 16.5. The summed E-state index contributed by atoms with van der Waals surface area (Å²) >= 11 is 0. The third-order valence-corrected chi connectivity index (χ3v) is 4.83. The molecular formula is C24H28N2O5. The number of amides is 2. The molecule has 0 bridgehead atoms. The topological polar surface area (TPSA) is 84.9 Å². The van der Waals surface area contributed by atoms with Crippen molar-refractivity contribution >= 4 is 23.3 Å². The number of para-hydroxylation sites is 1. The summed E-state index contributed by atoms with van der Waals surface area (Å²) in [5.74, 6) is 1.13. The largest absolute Gasteiger partial charge is 0.485 e. The molecule has 2 aromatic rings. The first-order valence-corrected chi connectivity index (χ1v) is 10.5. The zero-order valence-corrected chi connectivity index (χ0v) is 17.9. The molecule has 31 heavy (non-hydrogen) atoms. The molecule has 0 radical (unpaired) electrons. The second kappa shape index (κ2) is 10.6. The molecule has 7 nitrogen and oxygen atoms in total. The summed E-state index contributed by atoms with van der Waals surface area (Å²) in [5.41, 5.74) is 0.983. The van der Waals surface area contributed by atoms with E-state index in [1.54, 1.807) is 35.2 Å². The van der Waals surface area contributed by atoms with Crippen molar-refractivity contribution in [2.24, 2.45) is 5.92 Å². The Bertz CT molecular complexity index is 927. The minimum Gasteiger partial charge on any atom is -0.485 e. The summed E-state index contributed by atoms with van der Waals surface area (Å²) in [5, 5.41) is 2.88. The zero-order valence-electron chi connectivity index (χ0n) is 17.9. The van der Waals surface area contributed by atoms with Gasteiger partial charge in [-0.05, 0) is 42.7 Å². The van der Waals surface area contributed by atoms with E-state index in [9.17, 15) is 14.4 Å². The van der Waals surface area contributed by atoms with Crippen LogP contribution in [0.25, 0.3) is 0 Å². The van der Waals surface area contributed by atoms with E-state index in [2.05, 4.69) is 5.32 Å². The number of anilines is 1. The Labute approximate surface area is 182 Å². The van der Waals surface area contributed by atoms with E-state index in [1.165, 1.54) is 0 Å². The molecule has 0 aliphatic carbocycles. The lowest BCUT2D eigenvalue weighted by Gasteiger charge is -2.29. The summed E-state index contributed by atoms with van der Waals surface area (Å²) in [6.45, 7) is 4.92. The number of carbonyl (C=O) groups excluding carboxylic acids is 3. The maximum Gasteiger partial charge on any atom is 0.265 e. The van der Waals surface area contributed by atoms with Crippen LogP contribution in [0.2, 0.25) is 0 Å². The minimum atomic E-state index is -0.197. The van der Waals surface area contributed by atoms with Gasteiger partial charge in [-0.25, -0.2) is 0 Å². The Morgan fingerprint density at radius 1 is 1.16 bits per heavy atom. The van der Waals surface area contributed by atoms with Gasteiger partial charge in [0, 0.05) is 25.1 Å². The third-order valence-electron chi connectivity index (χ3n) is 4.83. The lowest BCUT2D eigenvalue weighted by Crippen LogP contribution is -2.40. The first kappa shape index (κ1) is 22.3. The third kappa shape index (κ3) is 6.31. The number of fused-ring (bicyclic) bond motifs is 1. The van der Waals surface area contributed by atoms with Crippen molar-refractivity contribution in [1.82, 2.24) is 5.32 Å². The van der Waals surface area contributed by atoms with Gasteiger partial charge < -0.3 is 19.7 Å². The van der Waals surface area contributed by atoms with Crippen molar-refractivity contribution in [3.05, 3.63) is 54.1 Å². The first-order chi connectivity index (χ1) is 14.9. The van der Waals surface area contributed by atoms with Crippen LogP contribution < -0.4 is 19.7 Å². The lowest BCUT2D eigenvalue weighted by atomic mass is 10.1. The number of nitrogens with zero attached hydrogens (tertiary/aromatic N) is 1. The number of rotatable bonds is 10. The highest BCUT2D eigenvalue weighted by Crippen LogP contribution is 2.33. The molecule has 0 saturated carbocycles. The Morgan fingerprint density at radius 2 is 1.94 bits per heavy atom. The number of ketones is 1. The van der Waals surface area contributed by atoms with Crippen molar-refractivity contribution in [1.29, 1.82) is 0 Å².